The lowest BCUT2D eigenvalue weighted by Crippen LogP contribution is -2.49. The number of aryl methyl sites for hydroxylation is 1. The van der Waals surface area contributed by atoms with Crippen LogP contribution in [-0.2, 0) is 11.2 Å². The molecule has 1 saturated heterocycles. The zero-order chi connectivity index (χ0) is 19.2. The Morgan fingerprint density at radius 2 is 1.89 bits per heavy atom. The van der Waals surface area contributed by atoms with Crippen molar-refractivity contribution in [1.29, 1.82) is 5.26 Å². The van der Waals surface area contributed by atoms with E-state index in [-0.39, 0.29) is 11.5 Å². The summed E-state index contributed by atoms with van der Waals surface area (Å²) in [5.41, 5.74) is 2.69. The molecule has 27 heavy (non-hydrogen) atoms. The molecule has 0 radical (unpaired) electrons. The van der Waals surface area contributed by atoms with Crippen LogP contribution in [0.5, 0.6) is 0 Å². The summed E-state index contributed by atoms with van der Waals surface area (Å²) in [5.74, 6) is -0.529. The molecule has 6 heteroatoms. The van der Waals surface area contributed by atoms with Crippen LogP contribution >= 0.6 is 0 Å². The van der Waals surface area contributed by atoms with Gasteiger partial charge in [0.25, 0.3) is 0 Å². The van der Waals surface area contributed by atoms with Crippen molar-refractivity contribution in [3.63, 3.8) is 0 Å². The van der Waals surface area contributed by atoms with Gasteiger partial charge in [-0.05, 0) is 30.2 Å². The first-order valence-electron chi connectivity index (χ1n) is 9.16. The van der Waals surface area contributed by atoms with E-state index in [0.29, 0.717) is 38.4 Å². The third-order valence-corrected chi connectivity index (χ3v) is 4.86. The summed E-state index contributed by atoms with van der Waals surface area (Å²) >= 11 is 0. The Balaban J connectivity index is 1.56. The molecular formula is C21H23FN4O. The zero-order valence-electron chi connectivity index (χ0n) is 15.4. The first-order chi connectivity index (χ1) is 13.1. The van der Waals surface area contributed by atoms with Crippen LogP contribution < -0.4 is 10.2 Å². The van der Waals surface area contributed by atoms with Crippen LogP contribution in [0.1, 0.15) is 18.1 Å². The molecule has 0 aromatic heterocycles. The number of nitrogens with one attached hydrogen (secondary N) is 1. The molecule has 1 fully saturated rings. The Labute approximate surface area is 159 Å². The molecule has 5 nitrogen and oxygen atoms in total. The molecule has 140 valence electrons. The first-order valence-corrected chi connectivity index (χ1v) is 9.16. The summed E-state index contributed by atoms with van der Waals surface area (Å²) in [6.45, 7) is 5.05. The normalized spacial score (nSPS) is 14.6. The summed E-state index contributed by atoms with van der Waals surface area (Å²) in [5, 5.41) is 12.2. The number of para-hydroxylation sites is 1. The largest absolute Gasteiger partial charge is 0.368 e. The lowest BCUT2D eigenvalue weighted by Gasteiger charge is -2.36. The van der Waals surface area contributed by atoms with Crippen molar-refractivity contribution in [1.82, 2.24) is 4.90 Å². The molecular weight excluding hydrogens is 343 g/mol. The number of hydrogen-bond donors (Lipinski definition) is 1. The van der Waals surface area contributed by atoms with Crippen LogP contribution in [0.15, 0.2) is 42.5 Å². The van der Waals surface area contributed by atoms with Crippen molar-refractivity contribution in [3.8, 4) is 6.07 Å². The van der Waals surface area contributed by atoms with Gasteiger partial charge < -0.3 is 10.2 Å². The number of nitrogens with zero attached hydrogens (tertiary/aromatic N) is 3. The molecule has 0 aliphatic carbocycles. The minimum absolute atomic E-state index is 0.0344. The smallest absolute Gasteiger partial charge is 0.238 e. The van der Waals surface area contributed by atoms with Gasteiger partial charge in [0.2, 0.25) is 5.91 Å². The molecule has 1 aliphatic rings. The fourth-order valence-electron chi connectivity index (χ4n) is 3.38. The SMILES string of the molecule is CCc1ccccc1NC(=O)CN1CCN(c2cccc(F)c2C#N)CC1. The monoisotopic (exact) mass is 366 g/mol. The summed E-state index contributed by atoms with van der Waals surface area (Å²) in [7, 11) is 0. The number of carbonyl (C=O) groups excluding carboxylic acids is 1. The van der Waals surface area contributed by atoms with Crippen LogP contribution in [-0.4, -0.2) is 43.5 Å². The average Bonchev–Trinajstić information content (AvgIpc) is 2.68. The Morgan fingerprint density at radius 3 is 2.59 bits per heavy atom. The molecule has 0 bridgehead atoms. The molecule has 2 aromatic rings. The molecule has 2 aromatic carbocycles. The molecule has 1 N–H and O–H groups in total. The Bertz CT molecular complexity index is 854. The number of rotatable bonds is 5. The van der Waals surface area contributed by atoms with Gasteiger partial charge in [-0.2, -0.15) is 5.26 Å². The second kappa shape index (κ2) is 8.65. The number of benzene rings is 2. The van der Waals surface area contributed by atoms with Crippen LogP contribution in [0.25, 0.3) is 0 Å². The molecule has 0 unspecified atom stereocenters. The Morgan fingerprint density at radius 1 is 1.15 bits per heavy atom. The topological polar surface area (TPSA) is 59.4 Å². The second-order valence-corrected chi connectivity index (χ2v) is 6.57. The van der Waals surface area contributed by atoms with E-state index in [1.807, 2.05) is 35.2 Å². The van der Waals surface area contributed by atoms with Gasteiger partial charge in [-0.3, -0.25) is 9.69 Å². The minimum Gasteiger partial charge on any atom is -0.368 e. The summed E-state index contributed by atoms with van der Waals surface area (Å²) in [4.78, 5) is 16.5. The lowest BCUT2D eigenvalue weighted by molar-refractivity contribution is -0.117. The van der Waals surface area contributed by atoms with Gasteiger partial charge in [-0.25, -0.2) is 4.39 Å². The Hall–Kier alpha value is -2.91. The molecule has 0 spiro atoms. The number of carbonyl (C=O) groups is 1. The van der Waals surface area contributed by atoms with E-state index < -0.39 is 5.82 Å². The predicted molar refractivity (Wildman–Crippen MR) is 104 cm³/mol. The van der Waals surface area contributed by atoms with Gasteiger partial charge in [0.05, 0.1) is 12.2 Å². The fraction of sp³-hybridized carbons (Fsp3) is 0.333. The number of anilines is 2. The summed E-state index contributed by atoms with van der Waals surface area (Å²) < 4.78 is 13.8. The fourth-order valence-corrected chi connectivity index (χ4v) is 3.38. The van der Waals surface area contributed by atoms with E-state index >= 15 is 0 Å². The van der Waals surface area contributed by atoms with E-state index in [1.165, 1.54) is 6.07 Å². The number of nitriles is 1. The molecule has 1 heterocycles. The second-order valence-electron chi connectivity index (χ2n) is 6.57. The van der Waals surface area contributed by atoms with Crippen LogP contribution in [0, 0.1) is 17.1 Å². The summed E-state index contributed by atoms with van der Waals surface area (Å²) in [6, 6.07) is 14.5. The van der Waals surface area contributed by atoms with E-state index in [0.717, 1.165) is 17.7 Å². The van der Waals surface area contributed by atoms with Crippen molar-refractivity contribution in [2.45, 2.75) is 13.3 Å². The van der Waals surface area contributed by atoms with E-state index in [4.69, 9.17) is 0 Å². The third kappa shape index (κ3) is 4.44. The maximum Gasteiger partial charge on any atom is 0.238 e. The van der Waals surface area contributed by atoms with Crippen molar-refractivity contribution in [2.24, 2.45) is 0 Å². The minimum atomic E-state index is -0.494. The quantitative estimate of drug-likeness (QED) is 0.884. The number of piperazine rings is 1. The van der Waals surface area contributed by atoms with Crippen molar-refractivity contribution >= 4 is 17.3 Å². The Kier molecular flexibility index (Phi) is 6.05. The van der Waals surface area contributed by atoms with Crippen molar-refractivity contribution in [3.05, 3.63) is 59.4 Å². The van der Waals surface area contributed by atoms with Gasteiger partial charge in [0, 0.05) is 31.9 Å². The highest BCUT2D eigenvalue weighted by Crippen LogP contribution is 2.23. The van der Waals surface area contributed by atoms with Crippen LogP contribution in [0.2, 0.25) is 0 Å². The molecule has 1 aliphatic heterocycles. The molecule has 3 rings (SSSR count). The van der Waals surface area contributed by atoms with Gasteiger partial charge in [0.15, 0.2) is 0 Å². The van der Waals surface area contributed by atoms with E-state index in [9.17, 15) is 14.4 Å². The van der Waals surface area contributed by atoms with E-state index in [1.54, 1.807) is 12.1 Å². The third-order valence-electron chi connectivity index (χ3n) is 4.86. The van der Waals surface area contributed by atoms with Crippen molar-refractivity contribution < 1.29 is 9.18 Å². The highest BCUT2D eigenvalue weighted by atomic mass is 19.1. The molecule has 1 amide bonds. The standard InChI is InChI=1S/C21H23FN4O/c1-2-16-6-3-4-8-19(16)24-21(27)15-25-10-12-26(13-11-25)20-9-5-7-18(22)17(20)14-23/h3-9H,2,10-13,15H2,1H3,(H,24,27). The highest BCUT2D eigenvalue weighted by molar-refractivity contribution is 5.93. The van der Waals surface area contributed by atoms with Crippen LogP contribution in [0.4, 0.5) is 15.8 Å². The van der Waals surface area contributed by atoms with Crippen LogP contribution in [0.3, 0.4) is 0 Å². The number of hydrogen-bond acceptors (Lipinski definition) is 4. The average molecular weight is 366 g/mol. The van der Waals surface area contributed by atoms with Crippen molar-refractivity contribution in [2.75, 3.05) is 42.9 Å². The highest BCUT2D eigenvalue weighted by Gasteiger charge is 2.22. The van der Waals surface area contributed by atoms with Gasteiger partial charge >= 0.3 is 0 Å². The van der Waals surface area contributed by atoms with Gasteiger partial charge in [0.1, 0.15) is 17.4 Å². The first kappa shape index (κ1) is 18.9. The maximum absolute atomic E-state index is 13.8. The lowest BCUT2D eigenvalue weighted by atomic mass is 10.1. The van der Waals surface area contributed by atoms with E-state index in [2.05, 4.69) is 17.1 Å². The van der Waals surface area contributed by atoms with Gasteiger partial charge in [-0.1, -0.05) is 31.2 Å². The predicted octanol–water partition coefficient (Wildman–Crippen LogP) is 3.02. The summed E-state index contributed by atoms with van der Waals surface area (Å²) in [6.07, 6.45) is 0.865. The number of halogens is 1. The molecule has 0 atom stereocenters. The van der Waals surface area contributed by atoms with Gasteiger partial charge in [-0.15, -0.1) is 0 Å². The maximum atomic E-state index is 13.8. The number of amides is 1. The molecule has 0 saturated carbocycles. The zero-order valence-corrected chi connectivity index (χ0v) is 15.4.